The topological polar surface area (TPSA) is 92.5 Å². The smallest absolute Gasteiger partial charge is 0.283 e. The number of anilines is 1. The summed E-state index contributed by atoms with van der Waals surface area (Å²) < 4.78 is 0. The second-order valence-corrected chi connectivity index (χ2v) is 5.38. The van der Waals surface area contributed by atoms with Crippen LogP contribution >= 0.6 is 11.3 Å². The summed E-state index contributed by atoms with van der Waals surface area (Å²) in [5.74, 6) is -0.402. The van der Waals surface area contributed by atoms with Gasteiger partial charge in [0.2, 0.25) is 0 Å². The maximum atomic E-state index is 12.0. The number of aryl methyl sites for hydroxylation is 1. The van der Waals surface area contributed by atoms with E-state index in [1.807, 2.05) is 0 Å². The van der Waals surface area contributed by atoms with Crippen molar-refractivity contribution in [3.05, 3.63) is 55.8 Å². The molecule has 0 unspecified atom stereocenters. The van der Waals surface area contributed by atoms with Gasteiger partial charge in [0.25, 0.3) is 11.6 Å². The molecule has 2 N–H and O–H groups in total. The number of thiophene rings is 1. The molecule has 0 aliphatic heterocycles. The number of benzene rings is 1. The van der Waals surface area contributed by atoms with Crippen molar-refractivity contribution < 1.29 is 14.8 Å². The van der Waals surface area contributed by atoms with Gasteiger partial charge in [0.05, 0.1) is 21.3 Å². The lowest BCUT2D eigenvalue weighted by atomic mass is 10.2. The molecule has 7 heteroatoms. The van der Waals surface area contributed by atoms with Gasteiger partial charge < -0.3 is 10.4 Å². The molecule has 20 heavy (non-hydrogen) atoms. The molecule has 104 valence electrons. The number of nitro groups is 1. The monoisotopic (exact) mass is 292 g/mol. The number of amides is 1. The summed E-state index contributed by atoms with van der Waals surface area (Å²) in [6.07, 6.45) is 0. The SMILES string of the molecule is Cc1sc(C(=O)Nc2cccc(CO)c2)cc1[N+](=O)[O-]. The Morgan fingerprint density at radius 2 is 2.20 bits per heavy atom. The second-order valence-electron chi connectivity index (χ2n) is 4.12. The van der Waals surface area contributed by atoms with Gasteiger partial charge in [0.15, 0.2) is 0 Å². The highest BCUT2D eigenvalue weighted by atomic mass is 32.1. The first-order chi connectivity index (χ1) is 9.51. The average Bonchev–Trinajstić information content (AvgIpc) is 2.81. The average molecular weight is 292 g/mol. The highest BCUT2D eigenvalue weighted by Crippen LogP contribution is 2.28. The molecule has 0 radical (unpaired) electrons. The van der Waals surface area contributed by atoms with E-state index in [4.69, 9.17) is 5.11 Å². The molecule has 0 saturated heterocycles. The maximum Gasteiger partial charge on any atom is 0.283 e. The van der Waals surface area contributed by atoms with Gasteiger partial charge in [0.1, 0.15) is 0 Å². The number of hydrogen-bond donors (Lipinski definition) is 2. The minimum Gasteiger partial charge on any atom is -0.392 e. The van der Waals surface area contributed by atoms with E-state index < -0.39 is 10.8 Å². The molecule has 0 aliphatic rings. The molecule has 1 heterocycles. The van der Waals surface area contributed by atoms with E-state index in [0.29, 0.717) is 16.1 Å². The van der Waals surface area contributed by atoms with Crippen LogP contribution in [0.15, 0.2) is 30.3 Å². The number of hydrogen-bond acceptors (Lipinski definition) is 5. The van der Waals surface area contributed by atoms with E-state index in [2.05, 4.69) is 5.32 Å². The van der Waals surface area contributed by atoms with Crippen molar-refractivity contribution in [1.82, 2.24) is 0 Å². The maximum absolute atomic E-state index is 12.0. The van der Waals surface area contributed by atoms with Crippen molar-refractivity contribution in [1.29, 1.82) is 0 Å². The molecule has 0 saturated carbocycles. The van der Waals surface area contributed by atoms with Gasteiger partial charge in [-0.1, -0.05) is 12.1 Å². The number of nitrogens with zero attached hydrogens (tertiary/aromatic N) is 1. The summed E-state index contributed by atoms with van der Waals surface area (Å²) in [4.78, 5) is 23.0. The molecule has 0 atom stereocenters. The van der Waals surface area contributed by atoms with Crippen LogP contribution in [0.4, 0.5) is 11.4 Å². The molecular formula is C13H12N2O4S. The Balaban J connectivity index is 2.19. The molecule has 0 aliphatic carbocycles. The van der Waals surface area contributed by atoms with Gasteiger partial charge in [-0.3, -0.25) is 14.9 Å². The molecule has 2 aromatic rings. The minimum absolute atomic E-state index is 0.0516. The zero-order valence-electron chi connectivity index (χ0n) is 10.6. The molecule has 2 rings (SSSR count). The molecular weight excluding hydrogens is 280 g/mol. The lowest BCUT2D eigenvalue weighted by Crippen LogP contribution is -2.10. The normalized spacial score (nSPS) is 10.3. The fourth-order valence-electron chi connectivity index (χ4n) is 1.71. The van der Waals surface area contributed by atoms with E-state index in [0.717, 1.165) is 11.3 Å². The number of rotatable bonds is 4. The van der Waals surface area contributed by atoms with Crippen LogP contribution in [-0.4, -0.2) is 15.9 Å². The fraction of sp³-hybridized carbons (Fsp3) is 0.154. The Bertz CT molecular complexity index is 666. The van der Waals surface area contributed by atoms with Gasteiger partial charge in [-0.05, 0) is 24.6 Å². The van der Waals surface area contributed by atoms with Crippen molar-refractivity contribution in [2.45, 2.75) is 13.5 Å². The number of aliphatic hydroxyl groups excluding tert-OH is 1. The first-order valence-electron chi connectivity index (χ1n) is 5.77. The number of nitrogens with one attached hydrogen (secondary N) is 1. The quantitative estimate of drug-likeness (QED) is 0.669. The van der Waals surface area contributed by atoms with E-state index in [-0.39, 0.29) is 17.2 Å². The number of carbonyl (C=O) groups is 1. The van der Waals surface area contributed by atoms with Crippen molar-refractivity contribution >= 4 is 28.6 Å². The minimum atomic E-state index is -0.505. The number of aliphatic hydroxyl groups is 1. The summed E-state index contributed by atoms with van der Waals surface area (Å²) in [6, 6.07) is 8.04. The Kier molecular flexibility index (Phi) is 4.11. The van der Waals surface area contributed by atoms with E-state index in [1.165, 1.54) is 6.07 Å². The van der Waals surface area contributed by atoms with Crippen LogP contribution in [0.2, 0.25) is 0 Å². The van der Waals surface area contributed by atoms with Crippen LogP contribution in [0.5, 0.6) is 0 Å². The highest BCUT2D eigenvalue weighted by molar-refractivity contribution is 7.14. The predicted octanol–water partition coefficient (Wildman–Crippen LogP) is 2.71. The Labute approximate surface area is 118 Å². The summed E-state index contributed by atoms with van der Waals surface area (Å²) in [7, 11) is 0. The standard InChI is InChI=1S/C13H12N2O4S/c1-8-11(15(18)19)6-12(20-8)13(17)14-10-4-2-3-9(5-10)7-16/h2-6,16H,7H2,1H3,(H,14,17). The first kappa shape index (κ1) is 14.2. The molecule has 0 fully saturated rings. The van der Waals surface area contributed by atoms with Gasteiger partial charge in [-0.15, -0.1) is 11.3 Å². The summed E-state index contributed by atoms with van der Waals surface area (Å²) in [5.41, 5.74) is 1.16. The van der Waals surface area contributed by atoms with Crippen LogP contribution in [0.25, 0.3) is 0 Å². The largest absolute Gasteiger partial charge is 0.392 e. The van der Waals surface area contributed by atoms with Crippen LogP contribution in [0, 0.1) is 17.0 Å². The molecule has 0 spiro atoms. The Hall–Kier alpha value is -2.25. The molecule has 0 bridgehead atoms. The third-order valence-corrected chi connectivity index (χ3v) is 3.72. The molecule has 1 aromatic heterocycles. The lowest BCUT2D eigenvalue weighted by Gasteiger charge is -2.04. The van der Waals surface area contributed by atoms with Crippen molar-refractivity contribution in [3.8, 4) is 0 Å². The lowest BCUT2D eigenvalue weighted by molar-refractivity contribution is -0.385. The first-order valence-corrected chi connectivity index (χ1v) is 6.59. The Morgan fingerprint density at radius 3 is 2.80 bits per heavy atom. The Morgan fingerprint density at radius 1 is 1.45 bits per heavy atom. The van der Waals surface area contributed by atoms with E-state index in [1.54, 1.807) is 31.2 Å². The van der Waals surface area contributed by atoms with Crippen molar-refractivity contribution in [2.24, 2.45) is 0 Å². The predicted molar refractivity (Wildman–Crippen MR) is 76.0 cm³/mol. The molecule has 1 amide bonds. The summed E-state index contributed by atoms with van der Waals surface area (Å²) in [5, 5.41) is 22.4. The van der Waals surface area contributed by atoms with Gasteiger partial charge >= 0.3 is 0 Å². The number of carbonyl (C=O) groups excluding carboxylic acids is 1. The second kappa shape index (κ2) is 5.81. The van der Waals surface area contributed by atoms with Crippen LogP contribution in [-0.2, 0) is 6.61 Å². The zero-order chi connectivity index (χ0) is 14.7. The van der Waals surface area contributed by atoms with E-state index in [9.17, 15) is 14.9 Å². The third-order valence-electron chi connectivity index (χ3n) is 2.68. The van der Waals surface area contributed by atoms with Crippen LogP contribution < -0.4 is 5.32 Å². The van der Waals surface area contributed by atoms with E-state index >= 15 is 0 Å². The highest BCUT2D eigenvalue weighted by Gasteiger charge is 2.19. The summed E-state index contributed by atoms with van der Waals surface area (Å²) in [6.45, 7) is 1.49. The van der Waals surface area contributed by atoms with Gasteiger partial charge in [-0.2, -0.15) is 0 Å². The van der Waals surface area contributed by atoms with Crippen molar-refractivity contribution in [2.75, 3.05) is 5.32 Å². The fourth-order valence-corrected chi connectivity index (χ4v) is 2.59. The van der Waals surface area contributed by atoms with Gasteiger partial charge in [0, 0.05) is 11.8 Å². The van der Waals surface area contributed by atoms with Crippen LogP contribution in [0.3, 0.4) is 0 Å². The summed E-state index contributed by atoms with van der Waals surface area (Å²) >= 11 is 1.08. The molecule has 6 nitrogen and oxygen atoms in total. The van der Waals surface area contributed by atoms with Gasteiger partial charge in [-0.25, -0.2) is 0 Å². The zero-order valence-corrected chi connectivity index (χ0v) is 11.4. The van der Waals surface area contributed by atoms with Crippen molar-refractivity contribution in [3.63, 3.8) is 0 Å². The third kappa shape index (κ3) is 3.01. The van der Waals surface area contributed by atoms with Crippen LogP contribution in [0.1, 0.15) is 20.1 Å². The molecule has 1 aromatic carbocycles.